The summed E-state index contributed by atoms with van der Waals surface area (Å²) in [5, 5.41) is 15.3. The zero-order chi connectivity index (χ0) is 23.3. The first-order valence-electron chi connectivity index (χ1n) is 11.3. The second kappa shape index (κ2) is 10.3. The number of nitrogens with one attached hydrogen (secondary N) is 1. The molecule has 174 valence electrons. The van der Waals surface area contributed by atoms with E-state index >= 15 is 0 Å². The van der Waals surface area contributed by atoms with Gasteiger partial charge < -0.3 is 14.8 Å². The second-order valence-corrected chi connectivity index (χ2v) is 8.89. The summed E-state index contributed by atoms with van der Waals surface area (Å²) in [5.74, 6) is 2.17. The van der Waals surface area contributed by atoms with Crippen molar-refractivity contribution in [2.45, 2.75) is 30.9 Å². The zero-order valence-electron chi connectivity index (χ0n) is 19.0. The second-order valence-electron chi connectivity index (χ2n) is 8.33. The molecule has 0 fully saturated rings. The minimum atomic E-state index is -0.211. The Kier molecular flexibility index (Phi) is 6.78. The molecular weight excluding hydrogens is 446 g/mol. The van der Waals surface area contributed by atoms with Gasteiger partial charge in [0.25, 0.3) is 0 Å². The minimum Gasteiger partial charge on any atom is -0.485 e. The lowest BCUT2D eigenvalue weighted by Gasteiger charge is -2.31. The molecule has 8 heteroatoms. The van der Waals surface area contributed by atoms with Crippen molar-refractivity contribution in [3.05, 3.63) is 101 Å². The molecule has 0 aliphatic carbocycles. The van der Waals surface area contributed by atoms with Crippen LogP contribution in [-0.2, 0) is 26.7 Å². The van der Waals surface area contributed by atoms with E-state index in [9.17, 15) is 0 Å². The van der Waals surface area contributed by atoms with Crippen LogP contribution in [0.4, 0.5) is 0 Å². The monoisotopic (exact) mass is 473 g/mol. The standard InChI is InChI=1S/C26H27N5O2S/c1-31-26(28-29-30-31)25(34)24-21-15-23(33-17-19-10-6-3-7-11-19)22(14-20(21)12-13-27-24)32-16-18-8-4-2-5-9-18/h2-11,14-15,24-25,27,34H,12-13,16-17H2,1H3. The van der Waals surface area contributed by atoms with Crippen LogP contribution in [0.25, 0.3) is 0 Å². The fourth-order valence-corrected chi connectivity index (χ4v) is 4.69. The normalized spacial score (nSPS) is 16.0. The van der Waals surface area contributed by atoms with Gasteiger partial charge in [0.1, 0.15) is 13.2 Å². The highest BCUT2D eigenvalue weighted by Gasteiger charge is 2.31. The summed E-state index contributed by atoms with van der Waals surface area (Å²) in [7, 11) is 1.83. The predicted molar refractivity (Wildman–Crippen MR) is 133 cm³/mol. The number of benzene rings is 3. The summed E-state index contributed by atoms with van der Waals surface area (Å²) in [6.07, 6.45) is 0.893. The van der Waals surface area contributed by atoms with E-state index in [4.69, 9.17) is 22.1 Å². The fourth-order valence-electron chi connectivity index (χ4n) is 4.21. The highest BCUT2D eigenvalue weighted by molar-refractivity contribution is 7.80. The van der Waals surface area contributed by atoms with Crippen LogP contribution in [0.2, 0.25) is 0 Å². The van der Waals surface area contributed by atoms with Gasteiger partial charge in [0, 0.05) is 7.05 Å². The number of aromatic nitrogens is 4. The molecule has 0 amide bonds. The summed E-state index contributed by atoms with van der Waals surface area (Å²) >= 11 is 4.88. The zero-order valence-corrected chi connectivity index (χ0v) is 19.9. The van der Waals surface area contributed by atoms with Crippen LogP contribution in [0.15, 0.2) is 72.8 Å². The quantitative estimate of drug-likeness (QED) is 0.373. The van der Waals surface area contributed by atoms with Crippen molar-refractivity contribution in [2.24, 2.45) is 7.05 Å². The molecule has 0 spiro atoms. The Labute approximate surface area is 204 Å². The van der Waals surface area contributed by atoms with Crippen LogP contribution in [-0.4, -0.2) is 26.8 Å². The molecule has 2 atom stereocenters. The smallest absolute Gasteiger partial charge is 0.165 e. The first kappa shape index (κ1) is 22.4. The van der Waals surface area contributed by atoms with Gasteiger partial charge in [0.05, 0.1) is 11.3 Å². The van der Waals surface area contributed by atoms with Crippen LogP contribution < -0.4 is 14.8 Å². The molecule has 0 saturated carbocycles. The Morgan fingerprint density at radius 3 is 2.18 bits per heavy atom. The van der Waals surface area contributed by atoms with E-state index in [1.807, 2.05) is 43.4 Å². The summed E-state index contributed by atoms with van der Waals surface area (Å²) in [6, 6.07) is 24.4. The minimum absolute atomic E-state index is 0.0565. The number of thiol groups is 1. The molecule has 0 saturated heterocycles. The average Bonchev–Trinajstić information content (AvgIpc) is 3.32. The molecule has 1 N–H and O–H groups in total. The van der Waals surface area contributed by atoms with Crippen molar-refractivity contribution in [3.8, 4) is 11.5 Å². The van der Waals surface area contributed by atoms with Gasteiger partial charge in [-0.2, -0.15) is 12.6 Å². The van der Waals surface area contributed by atoms with Crippen LogP contribution in [0.3, 0.4) is 0 Å². The number of rotatable bonds is 8. The van der Waals surface area contributed by atoms with E-state index in [0.29, 0.717) is 24.8 Å². The Bertz CT molecular complexity index is 1230. The molecule has 4 aromatic rings. The van der Waals surface area contributed by atoms with E-state index < -0.39 is 0 Å². The summed E-state index contributed by atoms with van der Waals surface area (Å²) in [5.41, 5.74) is 4.55. The third kappa shape index (κ3) is 4.93. The molecule has 3 aromatic carbocycles. The summed E-state index contributed by atoms with van der Waals surface area (Å²) in [4.78, 5) is 0. The number of nitrogens with zero attached hydrogens (tertiary/aromatic N) is 4. The van der Waals surface area contributed by atoms with Crippen molar-refractivity contribution < 1.29 is 9.47 Å². The number of fused-ring (bicyclic) bond motifs is 1. The lowest BCUT2D eigenvalue weighted by Crippen LogP contribution is -2.33. The lowest BCUT2D eigenvalue weighted by molar-refractivity contribution is 0.254. The Hall–Kier alpha value is -3.36. The molecule has 0 bridgehead atoms. The number of hydrogen-bond donors (Lipinski definition) is 2. The third-order valence-corrected chi connectivity index (χ3v) is 6.54. The first-order valence-corrected chi connectivity index (χ1v) is 11.8. The number of tetrazole rings is 1. The van der Waals surface area contributed by atoms with Gasteiger partial charge in [-0.05, 0) is 57.8 Å². The predicted octanol–water partition coefficient (Wildman–Crippen LogP) is 4.23. The van der Waals surface area contributed by atoms with Crippen molar-refractivity contribution in [1.29, 1.82) is 0 Å². The summed E-state index contributed by atoms with van der Waals surface area (Å²) in [6.45, 7) is 1.77. The number of ether oxygens (including phenoxy) is 2. The van der Waals surface area contributed by atoms with E-state index in [1.165, 1.54) is 5.56 Å². The largest absolute Gasteiger partial charge is 0.485 e. The van der Waals surface area contributed by atoms with E-state index in [1.54, 1.807) is 4.68 Å². The number of aryl methyl sites for hydroxylation is 1. The SMILES string of the molecule is Cn1nnnc1C(S)C1NCCc2cc(OCc3ccccc3)c(OCc3ccccc3)cc21. The molecule has 1 aliphatic rings. The molecule has 5 rings (SSSR count). The molecule has 1 aromatic heterocycles. The van der Waals surface area contributed by atoms with Gasteiger partial charge >= 0.3 is 0 Å². The Morgan fingerprint density at radius 1 is 0.971 bits per heavy atom. The highest BCUT2D eigenvalue weighted by atomic mass is 32.1. The number of hydrogen-bond acceptors (Lipinski definition) is 7. The topological polar surface area (TPSA) is 74.1 Å². The molecule has 34 heavy (non-hydrogen) atoms. The van der Waals surface area contributed by atoms with Gasteiger partial charge in [-0.3, -0.25) is 0 Å². The third-order valence-electron chi connectivity index (χ3n) is 6.01. The van der Waals surface area contributed by atoms with Crippen LogP contribution in [0, 0.1) is 0 Å². The van der Waals surface area contributed by atoms with Crippen LogP contribution in [0.1, 0.15) is 39.4 Å². The summed E-state index contributed by atoms with van der Waals surface area (Å²) < 4.78 is 14.2. The van der Waals surface area contributed by atoms with Crippen LogP contribution in [0.5, 0.6) is 11.5 Å². The molecule has 7 nitrogen and oxygen atoms in total. The van der Waals surface area contributed by atoms with Crippen LogP contribution >= 0.6 is 12.6 Å². The van der Waals surface area contributed by atoms with Crippen molar-refractivity contribution in [1.82, 2.24) is 25.5 Å². The molecule has 0 radical (unpaired) electrons. The maximum atomic E-state index is 6.30. The van der Waals surface area contributed by atoms with Gasteiger partial charge in [-0.1, -0.05) is 60.7 Å². The molecular formula is C26H27N5O2S. The van der Waals surface area contributed by atoms with Gasteiger partial charge in [-0.25, -0.2) is 4.68 Å². The Morgan fingerprint density at radius 2 is 1.59 bits per heavy atom. The maximum absolute atomic E-state index is 6.30. The molecule has 2 heterocycles. The average molecular weight is 474 g/mol. The maximum Gasteiger partial charge on any atom is 0.165 e. The van der Waals surface area contributed by atoms with Gasteiger partial charge in [0.2, 0.25) is 0 Å². The molecule has 1 aliphatic heterocycles. The van der Waals surface area contributed by atoms with Crippen molar-refractivity contribution >= 4 is 12.6 Å². The Balaban J connectivity index is 1.46. The lowest BCUT2D eigenvalue weighted by atomic mass is 9.91. The van der Waals surface area contributed by atoms with Gasteiger partial charge in [-0.15, -0.1) is 5.10 Å². The van der Waals surface area contributed by atoms with Crippen molar-refractivity contribution in [2.75, 3.05) is 6.54 Å². The van der Waals surface area contributed by atoms with E-state index in [2.05, 4.69) is 57.2 Å². The molecule has 2 unspecified atom stereocenters. The van der Waals surface area contributed by atoms with Crippen molar-refractivity contribution in [3.63, 3.8) is 0 Å². The highest BCUT2D eigenvalue weighted by Crippen LogP contribution is 2.41. The van der Waals surface area contributed by atoms with Gasteiger partial charge in [0.15, 0.2) is 17.3 Å². The fraction of sp³-hybridized carbons (Fsp3) is 0.269. The first-order chi connectivity index (χ1) is 16.7. The van der Waals surface area contributed by atoms with E-state index in [0.717, 1.165) is 35.4 Å². The van der Waals surface area contributed by atoms with E-state index in [-0.39, 0.29) is 11.3 Å².